The minimum absolute atomic E-state index is 0.0568. The first-order valence-corrected chi connectivity index (χ1v) is 6.91. The van der Waals surface area contributed by atoms with E-state index in [-0.39, 0.29) is 11.2 Å². The van der Waals surface area contributed by atoms with E-state index in [0.717, 1.165) is 16.6 Å². The molecule has 23 heavy (non-hydrogen) atoms. The predicted octanol–water partition coefficient (Wildman–Crippen LogP) is 2.01. The quantitative estimate of drug-likeness (QED) is 0.534. The minimum atomic E-state index is -1.06. The third kappa shape index (κ3) is 1.92. The molecule has 0 amide bonds. The van der Waals surface area contributed by atoms with Crippen LogP contribution in [0, 0.1) is 0 Å². The van der Waals surface area contributed by atoms with Gasteiger partial charge in [-0.05, 0) is 12.1 Å². The smallest absolute Gasteiger partial charge is 0.341 e. The van der Waals surface area contributed by atoms with Gasteiger partial charge in [0.15, 0.2) is 5.65 Å². The number of fused-ring (bicyclic) bond motifs is 2. The van der Waals surface area contributed by atoms with Gasteiger partial charge >= 0.3 is 5.97 Å². The zero-order valence-electron chi connectivity index (χ0n) is 12.1. The monoisotopic (exact) mass is 308 g/mol. The van der Waals surface area contributed by atoms with Crippen LogP contribution in [0.1, 0.15) is 10.4 Å². The van der Waals surface area contributed by atoms with Gasteiger partial charge in [-0.3, -0.25) is 0 Å². The lowest BCUT2D eigenvalue weighted by molar-refractivity contribution is 0.0699. The van der Waals surface area contributed by atoms with Crippen molar-refractivity contribution in [1.82, 2.24) is 24.6 Å². The molecule has 0 bridgehead atoms. The summed E-state index contributed by atoms with van der Waals surface area (Å²) in [6, 6.07) is 5.60. The number of rotatable bonds is 3. The van der Waals surface area contributed by atoms with Crippen LogP contribution in [0.25, 0.3) is 27.9 Å². The van der Waals surface area contributed by atoms with Crippen LogP contribution < -0.4 is 5.32 Å². The molecule has 8 nitrogen and oxygen atoms in total. The highest BCUT2D eigenvalue weighted by Crippen LogP contribution is 2.29. The van der Waals surface area contributed by atoms with E-state index in [1.807, 2.05) is 24.4 Å². The summed E-state index contributed by atoms with van der Waals surface area (Å²) < 4.78 is 1.47. The van der Waals surface area contributed by atoms with Gasteiger partial charge in [-0.15, -0.1) is 0 Å². The number of pyridine rings is 1. The number of aromatic amines is 1. The summed E-state index contributed by atoms with van der Waals surface area (Å²) in [4.78, 5) is 23.2. The Bertz CT molecular complexity index is 1050. The van der Waals surface area contributed by atoms with Crippen molar-refractivity contribution in [3.63, 3.8) is 0 Å². The van der Waals surface area contributed by atoms with Crippen LogP contribution in [0.3, 0.4) is 0 Å². The van der Waals surface area contributed by atoms with Crippen molar-refractivity contribution in [2.24, 2.45) is 0 Å². The standard InChI is InChI=1S/C15H12N6O2/c1-16-12-5-11(9-6-18-13-8(9)3-2-4-17-13)20-14-10(15(22)23)7-19-21(12)14/h2-7,16H,1H3,(H,17,18)(H,22,23). The molecule has 0 saturated carbocycles. The van der Waals surface area contributed by atoms with Gasteiger partial charge in [-0.2, -0.15) is 9.61 Å². The van der Waals surface area contributed by atoms with Gasteiger partial charge in [0, 0.05) is 36.5 Å². The fourth-order valence-electron chi connectivity index (χ4n) is 2.60. The Balaban J connectivity index is 2.03. The van der Waals surface area contributed by atoms with Crippen molar-refractivity contribution in [2.75, 3.05) is 12.4 Å². The maximum absolute atomic E-state index is 11.4. The number of nitrogens with zero attached hydrogens (tertiary/aromatic N) is 4. The normalized spacial score (nSPS) is 11.2. The van der Waals surface area contributed by atoms with Crippen LogP contribution in [0.5, 0.6) is 0 Å². The Kier molecular flexibility index (Phi) is 2.77. The summed E-state index contributed by atoms with van der Waals surface area (Å²) in [6.45, 7) is 0. The van der Waals surface area contributed by atoms with Crippen molar-refractivity contribution in [3.8, 4) is 11.3 Å². The summed E-state index contributed by atoms with van der Waals surface area (Å²) in [7, 11) is 1.75. The number of carboxylic acids is 1. The van der Waals surface area contributed by atoms with Crippen molar-refractivity contribution in [1.29, 1.82) is 0 Å². The van der Waals surface area contributed by atoms with E-state index in [1.165, 1.54) is 10.7 Å². The molecule has 0 aliphatic heterocycles. The first-order valence-electron chi connectivity index (χ1n) is 6.91. The van der Waals surface area contributed by atoms with E-state index in [2.05, 4.69) is 25.4 Å². The van der Waals surface area contributed by atoms with E-state index in [4.69, 9.17) is 0 Å². The molecule has 0 aromatic carbocycles. The van der Waals surface area contributed by atoms with Gasteiger partial charge in [0.1, 0.15) is 17.0 Å². The first kappa shape index (κ1) is 13.3. The molecule has 3 N–H and O–H groups in total. The molecule has 0 fully saturated rings. The van der Waals surface area contributed by atoms with Gasteiger partial charge in [-0.25, -0.2) is 14.8 Å². The molecule has 0 aliphatic rings. The van der Waals surface area contributed by atoms with Crippen LogP contribution in [0.15, 0.2) is 36.8 Å². The van der Waals surface area contributed by atoms with Crippen molar-refractivity contribution < 1.29 is 9.90 Å². The molecular weight excluding hydrogens is 296 g/mol. The van der Waals surface area contributed by atoms with E-state index in [9.17, 15) is 9.90 Å². The van der Waals surface area contributed by atoms with E-state index < -0.39 is 5.97 Å². The molecule has 8 heteroatoms. The second-order valence-corrected chi connectivity index (χ2v) is 4.98. The number of nitrogens with one attached hydrogen (secondary N) is 2. The highest BCUT2D eigenvalue weighted by Gasteiger charge is 2.17. The molecule has 0 aliphatic carbocycles. The van der Waals surface area contributed by atoms with Crippen LogP contribution >= 0.6 is 0 Å². The molecule has 0 radical (unpaired) electrons. The number of carboxylic acid groups (broad SMARTS) is 1. The van der Waals surface area contributed by atoms with Gasteiger partial charge in [-0.1, -0.05) is 0 Å². The number of hydrogen-bond donors (Lipinski definition) is 3. The number of aromatic nitrogens is 5. The summed E-state index contributed by atoms with van der Waals surface area (Å²) >= 11 is 0. The SMILES string of the molecule is CNc1cc(-c2c[nH]c3ncccc23)nc2c(C(=O)O)cnn12. The van der Waals surface area contributed by atoms with Crippen molar-refractivity contribution in [3.05, 3.63) is 42.4 Å². The Hall–Kier alpha value is -3.42. The molecule has 4 heterocycles. The first-order chi connectivity index (χ1) is 11.2. The fourth-order valence-corrected chi connectivity index (χ4v) is 2.60. The molecule has 0 saturated heterocycles. The molecule has 4 aromatic rings. The predicted molar refractivity (Wildman–Crippen MR) is 84.6 cm³/mol. The lowest BCUT2D eigenvalue weighted by Gasteiger charge is -2.07. The Morgan fingerprint density at radius 3 is 3.09 bits per heavy atom. The third-order valence-electron chi connectivity index (χ3n) is 3.69. The molecule has 0 atom stereocenters. The molecule has 0 unspecified atom stereocenters. The number of aromatic carboxylic acids is 1. The Labute approximate surface area is 129 Å². The largest absolute Gasteiger partial charge is 0.477 e. The number of anilines is 1. The zero-order valence-corrected chi connectivity index (χ0v) is 12.1. The van der Waals surface area contributed by atoms with Crippen LogP contribution in [0.2, 0.25) is 0 Å². The maximum Gasteiger partial charge on any atom is 0.341 e. The second-order valence-electron chi connectivity index (χ2n) is 4.98. The second kappa shape index (κ2) is 4.80. The lowest BCUT2D eigenvalue weighted by atomic mass is 10.1. The van der Waals surface area contributed by atoms with Crippen LogP contribution in [0.4, 0.5) is 5.82 Å². The molecule has 4 rings (SSSR count). The molecular formula is C15H12N6O2. The number of hydrogen-bond acceptors (Lipinski definition) is 5. The van der Waals surface area contributed by atoms with Crippen LogP contribution in [-0.4, -0.2) is 42.7 Å². The van der Waals surface area contributed by atoms with Gasteiger partial charge in [0.25, 0.3) is 0 Å². The minimum Gasteiger partial charge on any atom is -0.477 e. The Morgan fingerprint density at radius 1 is 1.43 bits per heavy atom. The highest BCUT2D eigenvalue weighted by molar-refractivity contribution is 5.96. The van der Waals surface area contributed by atoms with E-state index in [1.54, 1.807) is 13.2 Å². The fraction of sp³-hybridized carbons (Fsp3) is 0.0667. The summed E-state index contributed by atoms with van der Waals surface area (Å²) in [5, 5.41) is 17.3. The lowest BCUT2D eigenvalue weighted by Crippen LogP contribution is -2.04. The highest BCUT2D eigenvalue weighted by atomic mass is 16.4. The van der Waals surface area contributed by atoms with Gasteiger partial charge < -0.3 is 15.4 Å². The average Bonchev–Trinajstić information content (AvgIpc) is 3.17. The van der Waals surface area contributed by atoms with Crippen LogP contribution in [-0.2, 0) is 0 Å². The zero-order chi connectivity index (χ0) is 16.0. The summed E-state index contributed by atoms with van der Waals surface area (Å²) in [6.07, 6.45) is 4.82. The molecule has 0 spiro atoms. The van der Waals surface area contributed by atoms with Gasteiger partial charge in [0.2, 0.25) is 0 Å². The van der Waals surface area contributed by atoms with Crippen molar-refractivity contribution >= 4 is 28.5 Å². The number of carbonyl (C=O) groups is 1. The third-order valence-corrected chi connectivity index (χ3v) is 3.69. The summed E-state index contributed by atoms with van der Waals surface area (Å²) in [5.74, 6) is -0.414. The Morgan fingerprint density at radius 2 is 2.30 bits per heavy atom. The van der Waals surface area contributed by atoms with E-state index in [0.29, 0.717) is 11.5 Å². The molecule has 114 valence electrons. The van der Waals surface area contributed by atoms with Gasteiger partial charge in [0.05, 0.1) is 11.9 Å². The maximum atomic E-state index is 11.4. The summed E-state index contributed by atoms with van der Waals surface area (Å²) in [5.41, 5.74) is 2.59. The van der Waals surface area contributed by atoms with Crippen molar-refractivity contribution in [2.45, 2.75) is 0 Å². The topological polar surface area (TPSA) is 108 Å². The number of H-pyrrole nitrogens is 1. The molecule has 4 aromatic heterocycles. The van der Waals surface area contributed by atoms with E-state index >= 15 is 0 Å². The average molecular weight is 308 g/mol.